The Bertz CT molecular complexity index is 2840. The number of aromatic nitrogens is 1. The molecular weight excluding hydrogens is 955 g/mol. The number of ketones is 1. The van der Waals surface area contributed by atoms with Crippen LogP contribution >= 0.6 is 0 Å². The van der Waals surface area contributed by atoms with Crippen LogP contribution in [0, 0.1) is 116 Å². The summed E-state index contributed by atoms with van der Waals surface area (Å²) in [4.78, 5) is 23.7. The lowest BCUT2D eigenvalue weighted by Gasteiger charge is -2.44. The van der Waals surface area contributed by atoms with E-state index in [1.165, 1.54) is 0 Å². The van der Waals surface area contributed by atoms with Crippen molar-refractivity contribution >= 4 is 50.5 Å². The summed E-state index contributed by atoms with van der Waals surface area (Å²) in [5.41, 5.74) is -7.79. The van der Waals surface area contributed by atoms with E-state index in [1.807, 2.05) is 41.1 Å². The van der Waals surface area contributed by atoms with Gasteiger partial charge in [-0.05, 0) is 12.1 Å². The Hall–Kier alpha value is -7.47. The predicted molar refractivity (Wildman–Crippen MR) is 193 cm³/mol. The fourth-order valence-electron chi connectivity index (χ4n) is 7.34. The molecular formula is C42H15BF20N2O2. The molecule has 0 aliphatic carbocycles. The molecule has 0 aliphatic heterocycles. The van der Waals surface area contributed by atoms with Crippen LogP contribution in [0.15, 0.2) is 67.0 Å². The van der Waals surface area contributed by atoms with Gasteiger partial charge in [-0.3, -0.25) is 9.59 Å². The summed E-state index contributed by atoms with van der Waals surface area (Å²) in [5.74, 6) is -71.8. The van der Waals surface area contributed by atoms with Crippen LogP contribution < -0.4 is 32.2 Å². The fourth-order valence-corrected chi connectivity index (χ4v) is 7.34. The number of nitrogens with two attached hydrogens (primary N) is 1. The Labute approximate surface area is 359 Å². The number of fused-ring (bicyclic) bond motifs is 1. The van der Waals surface area contributed by atoms with E-state index in [4.69, 9.17) is 5.73 Å². The molecule has 4 nitrogen and oxygen atoms in total. The molecule has 0 bridgehead atoms. The molecule has 0 spiro atoms. The quantitative estimate of drug-likeness (QED) is 0.0420. The van der Waals surface area contributed by atoms with Gasteiger partial charge in [0.25, 0.3) is 0 Å². The highest BCUT2D eigenvalue weighted by molar-refractivity contribution is 7.20. The van der Waals surface area contributed by atoms with Crippen LogP contribution in [0.25, 0.3) is 10.8 Å². The van der Waals surface area contributed by atoms with Crippen LogP contribution in [0.1, 0.15) is 20.7 Å². The number of hydrogen-bond donors (Lipinski definition) is 1. The number of Topliss-reactive ketones (excluding diaryl/α,β-unsaturated/α-hetero) is 1. The average molecular weight is 970 g/mol. The van der Waals surface area contributed by atoms with Crippen molar-refractivity contribution in [2.24, 2.45) is 5.73 Å². The predicted octanol–water partition coefficient (Wildman–Crippen LogP) is 7.96. The Morgan fingerprint density at radius 1 is 0.403 bits per heavy atom. The van der Waals surface area contributed by atoms with Crippen molar-refractivity contribution in [3.8, 4) is 0 Å². The van der Waals surface area contributed by atoms with Crippen LogP contribution in [0.3, 0.4) is 0 Å². The molecule has 0 aliphatic rings. The summed E-state index contributed by atoms with van der Waals surface area (Å²) in [6.45, 7) is 0.251. The average Bonchev–Trinajstić information content (AvgIpc) is 3.31. The van der Waals surface area contributed by atoms with Crippen molar-refractivity contribution in [1.82, 2.24) is 0 Å². The van der Waals surface area contributed by atoms with Crippen molar-refractivity contribution < 1.29 is 102 Å². The molecule has 0 unspecified atom stereocenters. The molecule has 2 N–H and O–H groups in total. The molecule has 7 rings (SSSR count). The van der Waals surface area contributed by atoms with Crippen LogP contribution in [0.2, 0.25) is 0 Å². The van der Waals surface area contributed by atoms with Gasteiger partial charge in [0.05, 0.1) is 0 Å². The van der Waals surface area contributed by atoms with E-state index >= 15 is 35.1 Å². The third-order valence-electron chi connectivity index (χ3n) is 10.3. The first-order valence-corrected chi connectivity index (χ1v) is 17.9. The summed E-state index contributed by atoms with van der Waals surface area (Å²) in [5, 5.41) is 1.66. The van der Waals surface area contributed by atoms with E-state index in [0.717, 1.165) is 10.8 Å². The minimum atomic E-state index is -7.22. The van der Waals surface area contributed by atoms with E-state index in [0.29, 0.717) is 11.1 Å². The molecule has 0 radical (unpaired) electrons. The summed E-state index contributed by atoms with van der Waals surface area (Å²) >= 11 is 0. The van der Waals surface area contributed by atoms with Gasteiger partial charge < -0.3 is 5.73 Å². The fraction of sp³-hybridized carbons (Fsp3) is 0.0238. The maximum Gasteiger partial charge on any atom is 0.249 e. The molecule has 0 fully saturated rings. The monoisotopic (exact) mass is 970 g/mol. The second kappa shape index (κ2) is 18.1. The van der Waals surface area contributed by atoms with Gasteiger partial charge in [-0.25, -0.2) is 87.8 Å². The Balaban J connectivity index is 0.000000279. The smallest absolute Gasteiger partial charge is 0.249 e. The van der Waals surface area contributed by atoms with E-state index in [1.54, 1.807) is 30.5 Å². The van der Waals surface area contributed by atoms with Crippen molar-refractivity contribution in [3.05, 3.63) is 194 Å². The van der Waals surface area contributed by atoms with Gasteiger partial charge in [0, 0.05) is 28.0 Å². The Morgan fingerprint density at radius 3 is 1.03 bits per heavy atom. The van der Waals surface area contributed by atoms with Crippen molar-refractivity contribution in [1.29, 1.82) is 0 Å². The van der Waals surface area contributed by atoms with Gasteiger partial charge in [0.15, 0.2) is 82.2 Å². The topological polar surface area (TPSA) is 64.0 Å². The first kappa shape index (κ1) is 49.0. The Morgan fingerprint density at radius 2 is 0.716 bits per heavy atom. The van der Waals surface area contributed by atoms with E-state index in [-0.39, 0.29) is 12.3 Å². The largest absolute Gasteiger partial charge is 0.366 e. The molecule has 0 saturated carbocycles. The van der Waals surface area contributed by atoms with Crippen LogP contribution in [-0.4, -0.2) is 17.8 Å². The lowest BCUT2D eigenvalue weighted by molar-refractivity contribution is -0.681. The van der Waals surface area contributed by atoms with Gasteiger partial charge in [-0.1, -0.05) is 36.4 Å². The number of carbonyl (C=O) groups is 2. The number of amides is 1. The molecule has 25 heteroatoms. The zero-order chi connectivity index (χ0) is 49.9. The number of primary amides is 1. The minimum Gasteiger partial charge on any atom is -0.366 e. The summed E-state index contributed by atoms with van der Waals surface area (Å²) < 4.78 is 296. The lowest BCUT2D eigenvalue weighted by Crippen LogP contribution is -2.81. The summed E-state index contributed by atoms with van der Waals surface area (Å²) in [7, 11) is 0. The minimum absolute atomic E-state index is 0.0380. The van der Waals surface area contributed by atoms with Gasteiger partial charge in [0.2, 0.25) is 18.2 Å². The highest BCUT2D eigenvalue weighted by atomic mass is 19.2. The first-order valence-electron chi connectivity index (χ1n) is 17.9. The second-order valence-corrected chi connectivity index (χ2v) is 13.9. The molecule has 348 valence electrons. The molecule has 6 aromatic carbocycles. The van der Waals surface area contributed by atoms with E-state index < -0.39 is 150 Å². The van der Waals surface area contributed by atoms with Crippen LogP contribution in [0.5, 0.6) is 0 Å². The molecule has 1 aromatic heterocycles. The number of benzene rings is 6. The highest BCUT2D eigenvalue weighted by Crippen LogP contribution is 2.31. The van der Waals surface area contributed by atoms with Gasteiger partial charge in [-0.15, -0.1) is 21.9 Å². The zero-order valence-corrected chi connectivity index (χ0v) is 32.0. The third kappa shape index (κ3) is 7.73. The Kier molecular flexibility index (Phi) is 13.2. The van der Waals surface area contributed by atoms with Gasteiger partial charge >= 0.3 is 0 Å². The number of hydrogen-bond acceptors (Lipinski definition) is 2. The van der Waals surface area contributed by atoms with Gasteiger partial charge in [-0.2, -0.15) is 4.57 Å². The highest BCUT2D eigenvalue weighted by Gasteiger charge is 2.52. The van der Waals surface area contributed by atoms with Crippen LogP contribution in [0.4, 0.5) is 87.8 Å². The third-order valence-corrected chi connectivity index (χ3v) is 10.3. The zero-order valence-electron chi connectivity index (χ0n) is 32.0. The van der Waals surface area contributed by atoms with Crippen molar-refractivity contribution in [3.63, 3.8) is 0 Å². The standard InChI is InChI=1S/C24BF20.C18H14N2O2/c26-5-1(6(27)14(35)21(42)13(5)34)25(2-7(28)15(36)22(43)16(37)8(2)29,3-9(30)17(38)23(44)18(39)10(3)31)4-11(32)19(40)24(45)20(41)12(4)33;19-18(22)16-8-4-7-14-11-20(10-9-15(14)16)12-17(21)13-5-2-1-3-6-13/h;1-11H,12H2,(H-,19,22)/q-1;/p+1. The summed E-state index contributed by atoms with van der Waals surface area (Å²) in [6.07, 6.45) is -3.58. The number of rotatable bonds is 8. The number of nitrogens with zero attached hydrogens (tertiary/aromatic N) is 1. The first-order chi connectivity index (χ1) is 31.3. The van der Waals surface area contributed by atoms with Crippen LogP contribution in [-0.2, 0) is 6.54 Å². The van der Waals surface area contributed by atoms with E-state index in [9.17, 15) is 62.3 Å². The number of halogens is 20. The SMILES string of the molecule is Fc1c(F)c(F)c([B-](c2c(F)c(F)c(F)c(F)c2F)(c2c(F)c(F)c(F)c(F)c2F)c2c(F)c(F)c(F)c(F)c2F)c(F)c1F.NC(=O)c1cccc2c[n+](CC(=O)c3ccccc3)ccc12. The number of pyridine rings is 1. The molecule has 1 heterocycles. The molecule has 7 aromatic rings. The normalized spacial score (nSPS) is 11.5. The summed E-state index contributed by atoms with van der Waals surface area (Å²) in [6, 6.07) is 16.4. The van der Waals surface area contributed by atoms with Crippen molar-refractivity contribution in [2.45, 2.75) is 6.54 Å². The molecule has 0 atom stereocenters. The maximum atomic E-state index is 15.4. The van der Waals surface area contributed by atoms with Crippen molar-refractivity contribution in [2.75, 3.05) is 0 Å². The lowest BCUT2D eigenvalue weighted by atomic mass is 9.12. The molecule has 0 saturated heterocycles. The second-order valence-electron chi connectivity index (χ2n) is 13.9. The number of carbonyl (C=O) groups excluding carboxylic acids is 2. The van der Waals surface area contributed by atoms with E-state index in [2.05, 4.69) is 0 Å². The van der Waals surface area contributed by atoms with Gasteiger partial charge in [0.1, 0.15) is 52.7 Å². The maximum absolute atomic E-state index is 15.4. The molecule has 67 heavy (non-hydrogen) atoms. The molecule has 1 amide bonds.